The molecule has 0 aliphatic carbocycles. The lowest BCUT2D eigenvalue weighted by Crippen LogP contribution is -2.29. The van der Waals surface area contributed by atoms with E-state index < -0.39 is 5.60 Å². The van der Waals surface area contributed by atoms with Crippen LogP contribution in [0.15, 0.2) is 12.3 Å². The van der Waals surface area contributed by atoms with Crippen LogP contribution in [0.4, 0.5) is 5.95 Å². The van der Waals surface area contributed by atoms with Crippen molar-refractivity contribution >= 4 is 5.95 Å². The third-order valence-electron chi connectivity index (χ3n) is 3.26. The predicted molar refractivity (Wildman–Crippen MR) is 66.6 cm³/mol. The van der Waals surface area contributed by atoms with Gasteiger partial charge in [-0.3, -0.25) is 0 Å². The van der Waals surface area contributed by atoms with Crippen molar-refractivity contribution in [2.75, 3.05) is 18.0 Å². The molecule has 1 saturated heterocycles. The molecule has 94 valence electrons. The summed E-state index contributed by atoms with van der Waals surface area (Å²) >= 11 is 0. The average molecular weight is 236 g/mol. The SMILES string of the molecule is CC1(O)CCCN(c2nccc(CN)n2)CC1. The molecule has 0 bridgehead atoms. The number of anilines is 1. The van der Waals surface area contributed by atoms with Crippen LogP contribution in [0.3, 0.4) is 0 Å². The van der Waals surface area contributed by atoms with Crippen molar-refractivity contribution in [3.05, 3.63) is 18.0 Å². The van der Waals surface area contributed by atoms with E-state index in [1.54, 1.807) is 6.20 Å². The molecule has 1 aromatic rings. The number of nitrogens with two attached hydrogens (primary N) is 1. The largest absolute Gasteiger partial charge is 0.390 e. The molecule has 0 aromatic carbocycles. The Bertz CT molecular complexity index is 381. The lowest BCUT2D eigenvalue weighted by Gasteiger charge is -2.22. The molecule has 3 N–H and O–H groups in total. The third kappa shape index (κ3) is 3.14. The summed E-state index contributed by atoms with van der Waals surface area (Å²) in [4.78, 5) is 10.8. The van der Waals surface area contributed by atoms with Crippen LogP contribution in [0.2, 0.25) is 0 Å². The van der Waals surface area contributed by atoms with Gasteiger partial charge < -0.3 is 15.7 Å². The fraction of sp³-hybridized carbons (Fsp3) is 0.667. The number of aliphatic hydroxyl groups is 1. The third-order valence-corrected chi connectivity index (χ3v) is 3.26. The Morgan fingerprint density at radius 1 is 1.47 bits per heavy atom. The second kappa shape index (κ2) is 4.98. The van der Waals surface area contributed by atoms with Crippen molar-refractivity contribution in [2.45, 2.75) is 38.3 Å². The topological polar surface area (TPSA) is 75.3 Å². The average Bonchev–Trinajstić information content (AvgIpc) is 2.50. The van der Waals surface area contributed by atoms with Gasteiger partial charge in [0, 0.05) is 25.8 Å². The van der Waals surface area contributed by atoms with E-state index in [1.165, 1.54) is 0 Å². The molecule has 0 spiro atoms. The summed E-state index contributed by atoms with van der Waals surface area (Å²) < 4.78 is 0. The summed E-state index contributed by atoms with van der Waals surface area (Å²) in [6.07, 6.45) is 4.29. The Morgan fingerprint density at radius 3 is 3.06 bits per heavy atom. The van der Waals surface area contributed by atoms with Crippen molar-refractivity contribution in [3.8, 4) is 0 Å². The number of nitrogens with zero attached hydrogens (tertiary/aromatic N) is 3. The molecule has 17 heavy (non-hydrogen) atoms. The van der Waals surface area contributed by atoms with Gasteiger partial charge in [0.25, 0.3) is 0 Å². The maximum absolute atomic E-state index is 10.0. The minimum absolute atomic E-state index is 0.432. The number of rotatable bonds is 2. The zero-order valence-electron chi connectivity index (χ0n) is 10.3. The number of hydrogen-bond donors (Lipinski definition) is 2. The van der Waals surface area contributed by atoms with E-state index in [1.807, 2.05) is 13.0 Å². The van der Waals surface area contributed by atoms with Crippen molar-refractivity contribution < 1.29 is 5.11 Å². The molecule has 1 unspecified atom stereocenters. The minimum atomic E-state index is -0.555. The maximum Gasteiger partial charge on any atom is 0.225 e. The molecule has 1 aliphatic rings. The molecule has 0 amide bonds. The maximum atomic E-state index is 10.0. The summed E-state index contributed by atoms with van der Waals surface area (Å²) in [5, 5.41) is 10.0. The van der Waals surface area contributed by atoms with Gasteiger partial charge in [0.1, 0.15) is 0 Å². The van der Waals surface area contributed by atoms with E-state index in [4.69, 9.17) is 5.73 Å². The van der Waals surface area contributed by atoms with Gasteiger partial charge >= 0.3 is 0 Å². The molecule has 0 saturated carbocycles. The molecule has 5 nitrogen and oxygen atoms in total. The van der Waals surface area contributed by atoms with Crippen molar-refractivity contribution in [3.63, 3.8) is 0 Å². The highest BCUT2D eigenvalue weighted by molar-refractivity contribution is 5.30. The first-order valence-electron chi connectivity index (χ1n) is 6.10. The standard InChI is InChI=1S/C12H20N4O/c1-12(17)4-2-7-16(8-5-12)11-14-6-3-10(9-13)15-11/h3,6,17H,2,4-5,7-9,13H2,1H3. The lowest BCUT2D eigenvalue weighted by molar-refractivity contribution is 0.0481. The number of hydrogen-bond acceptors (Lipinski definition) is 5. The van der Waals surface area contributed by atoms with Gasteiger partial charge in [-0.05, 0) is 32.3 Å². The molecule has 1 aromatic heterocycles. The van der Waals surface area contributed by atoms with Crippen LogP contribution in [0.5, 0.6) is 0 Å². The molecule has 1 aliphatic heterocycles. The zero-order valence-corrected chi connectivity index (χ0v) is 10.3. The van der Waals surface area contributed by atoms with Gasteiger partial charge in [-0.15, -0.1) is 0 Å². The van der Waals surface area contributed by atoms with Gasteiger partial charge in [0.05, 0.1) is 11.3 Å². The molecule has 2 rings (SSSR count). The Kier molecular flexibility index (Phi) is 3.59. The highest BCUT2D eigenvalue weighted by Gasteiger charge is 2.25. The van der Waals surface area contributed by atoms with Gasteiger partial charge in [0.2, 0.25) is 5.95 Å². The fourth-order valence-corrected chi connectivity index (χ4v) is 2.11. The zero-order chi connectivity index (χ0) is 12.3. The molecule has 1 atom stereocenters. The number of aromatic nitrogens is 2. The first-order chi connectivity index (χ1) is 8.11. The molecule has 5 heteroatoms. The van der Waals surface area contributed by atoms with Crippen LogP contribution < -0.4 is 10.6 Å². The van der Waals surface area contributed by atoms with Crippen LogP contribution in [-0.2, 0) is 6.54 Å². The Balaban J connectivity index is 2.11. The van der Waals surface area contributed by atoms with E-state index in [0.717, 1.165) is 44.0 Å². The van der Waals surface area contributed by atoms with Crippen molar-refractivity contribution in [2.24, 2.45) is 5.73 Å². The molecular weight excluding hydrogens is 216 g/mol. The first kappa shape index (κ1) is 12.3. The Morgan fingerprint density at radius 2 is 2.29 bits per heavy atom. The van der Waals surface area contributed by atoms with Crippen molar-refractivity contribution in [1.82, 2.24) is 9.97 Å². The summed E-state index contributed by atoms with van der Waals surface area (Å²) in [5.41, 5.74) is 5.87. The van der Waals surface area contributed by atoms with Crippen LogP contribution in [0.25, 0.3) is 0 Å². The normalized spacial score (nSPS) is 25.7. The van der Waals surface area contributed by atoms with Crippen LogP contribution in [-0.4, -0.2) is 33.8 Å². The smallest absolute Gasteiger partial charge is 0.225 e. The summed E-state index contributed by atoms with van der Waals surface area (Å²) in [6.45, 7) is 4.01. The first-order valence-corrected chi connectivity index (χ1v) is 6.10. The van der Waals surface area contributed by atoms with Crippen LogP contribution in [0, 0.1) is 0 Å². The van der Waals surface area contributed by atoms with E-state index in [0.29, 0.717) is 6.54 Å². The quantitative estimate of drug-likeness (QED) is 0.789. The van der Waals surface area contributed by atoms with Crippen LogP contribution in [0.1, 0.15) is 31.9 Å². The second-order valence-electron chi connectivity index (χ2n) is 4.89. The van der Waals surface area contributed by atoms with E-state index >= 15 is 0 Å². The highest BCUT2D eigenvalue weighted by atomic mass is 16.3. The molecule has 0 radical (unpaired) electrons. The summed E-state index contributed by atoms with van der Waals surface area (Å²) in [6, 6.07) is 1.83. The van der Waals surface area contributed by atoms with E-state index in [9.17, 15) is 5.11 Å². The summed E-state index contributed by atoms with van der Waals surface area (Å²) in [5.74, 6) is 0.727. The Labute approximate surface area is 102 Å². The van der Waals surface area contributed by atoms with Gasteiger partial charge in [-0.2, -0.15) is 0 Å². The second-order valence-corrected chi connectivity index (χ2v) is 4.89. The van der Waals surface area contributed by atoms with Gasteiger partial charge in [-0.25, -0.2) is 9.97 Å². The monoisotopic (exact) mass is 236 g/mol. The van der Waals surface area contributed by atoms with Gasteiger partial charge in [-0.1, -0.05) is 0 Å². The molecule has 1 fully saturated rings. The molecular formula is C12H20N4O. The summed E-state index contributed by atoms with van der Waals surface area (Å²) in [7, 11) is 0. The van der Waals surface area contributed by atoms with E-state index in [-0.39, 0.29) is 0 Å². The fourth-order valence-electron chi connectivity index (χ4n) is 2.11. The lowest BCUT2D eigenvalue weighted by atomic mass is 9.98. The molecule has 2 heterocycles. The van der Waals surface area contributed by atoms with Crippen LogP contribution >= 0.6 is 0 Å². The highest BCUT2D eigenvalue weighted by Crippen LogP contribution is 2.23. The van der Waals surface area contributed by atoms with E-state index in [2.05, 4.69) is 14.9 Å². The van der Waals surface area contributed by atoms with Gasteiger partial charge in [0.15, 0.2) is 0 Å². The minimum Gasteiger partial charge on any atom is -0.390 e. The van der Waals surface area contributed by atoms with Crippen molar-refractivity contribution in [1.29, 1.82) is 0 Å². The predicted octanol–water partition coefficient (Wildman–Crippen LogP) is 0.677. The Hall–Kier alpha value is -1.20.